The van der Waals surface area contributed by atoms with Gasteiger partial charge < -0.3 is 15.4 Å². The summed E-state index contributed by atoms with van der Waals surface area (Å²) in [5, 5.41) is 13.1. The number of carbonyl (C=O) groups is 1. The van der Waals surface area contributed by atoms with Crippen LogP contribution in [0.25, 0.3) is 10.9 Å². The Morgan fingerprint density at radius 1 is 1.35 bits per heavy atom. The van der Waals surface area contributed by atoms with Crippen LogP contribution in [0.4, 0.5) is 0 Å². The molecule has 4 nitrogen and oxygen atoms in total. The summed E-state index contributed by atoms with van der Waals surface area (Å²) < 4.78 is 0. The molecule has 0 saturated carbocycles. The van der Waals surface area contributed by atoms with Gasteiger partial charge in [0.25, 0.3) is 5.91 Å². The number of benzene rings is 1. The molecular formula is C16H22N2O2. The SMILES string of the molecule is CC(C)(CO)CCCNC(=O)c1cccc2[nH]ccc12. The molecule has 0 fully saturated rings. The van der Waals surface area contributed by atoms with E-state index in [4.69, 9.17) is 0 Å². The van der Waals surface area contributed by atoms with Crippen LogP contribution < -0.4 is 5.32 Å². The molecule has 0 unspecified atom stereocenters. The minimum absolute atomic E-state index is 0.0444. The molecule has 2 rings (SSSR count). The standard InChI is InChI=1S/C16H22N2O2/c1-16(2,11-19)8-4-9-18-15(20)13-5-3-6-14-12(13)7-10-17-14/h3,5-7,10,17,19H,4,8-9,11H2,1-2H3,(H,18,20). The third-order valence-corrected chi connectivity index (χ3v) is 3.58. The lowest BCUT2D eigenvalue weighted by atomic mass is 9.89. The van der Waals surface area contributed by atoms with E-state index in [0.29, 0.717) is 12.1 Å². The van der Waals surface area contributed by atoms with Gasteiger partial charge in [-0.1, -0.05) is 19.9 Å². The number of hydrogen-bond donors (Lipinski definition) is 3. The monoisotopic (exact) mass is 274 g/mol. The average molecular weight is 274 g/mol. The van der Waals surface area contributed by atoms with Gasteiger partial charge in [0.15, 0.2) is 0 Å². The summed E-state index contributed by atoms with van der Waals surface area (Å²) in [4.78, 5) is 15.3. The topological polar surface area (TPSA) is 65.1 Å². The highest BCUT2D eigenvalue weighted by atomic mass is 16.3. The van der Waals surface area contributed by atoms with E-state index >= 15 is 0 Å². The third-order valence-electron chi connectivity index (χ3n) is 3.58. The average Bonchev–Trinajstić information content (AvgIpc) is 2.91. The van der Waals surface area contributed by atoms with E-state index in [1.807, 2.05) is 44.3 Å². The fraction of sp³-hybridized carbons (Fsp3) is 0.438. The molecule has 0 aliphatic rings. The predicted molar refractivity (Wildman–Crippen MR) is 80.7 cm³/mol. The minimum atomic E-state index is -0.0780. The maximum Gasteiger partial charge on any atom is 0.251 e. The van der Waals surface area contributed by atoms with Crippen LogP contribution in [-0.2, 0) is 0 Å². The van der Waals surface area contributed by atoms with E-state index in [1.165, 1.54) is 0 Å². The van der Waals surface area contributed by atoms with Gasteiger partial charge in [0.2, 0.25) is 0 Å². The van der Waals surface area contributed by atoms with Crippen molar-refractivity contribution in [3.63, 3.8) is 0 Å². The lowest BCUT2D eigenvalue weighted by Crippen LogP contribution is -2.26. The van der Waals surface area contributed by atoms with Crippen LogP contribution in [0.1, 0.15) is 37.0 Å². The molecule has 4 heteroatoms. The molecule has 1 aromatic carbocycles. The van der Waals surface area contributed by atoms with Crippen LogP contribution >= 0.6 is 0 Å². The Morgan fingerprint density at radius 3 is 2.90 bits per heavy atom. The van der Waals surface area contributed by atoms with Gasteiger partial charge >= 0.3 is 0 Å². The van der Waals surface area contributed by atoms with Crippen molar-refractivity contribution in [1.29, 1.82) is 0 Å². The van der Waals surface area contributed by atoms with Crippen molar-refractivity contribution in [1.82, 2.24) is 10.3 Å². The number of hydrogen-bond acceptors (Lipinski definition) is 2. The number of fused-ring (bicyclic) bond motifs is 1. The van der Waals surface area contributed by atoms with Crippen LogP contribution in [0.2, 0.25) is 0 Å². The summed E-state index contributed by atoms with van der Waals surface area (Å²) >= 11 is 0. The van der Waals surface area contributed by atoms with Gasteiger partial charge in [-0.3, -0.25) is 4.79 Å². The van der Waals surface area contributed by atoms with Crippen LogP contribution in [-0.4, -0.2) is 29.1 Å². The Hall–Kier alpha value is -1.81. The molecular weight excluding hydrogens is 252 g/mol. The third kappa shape index (κ3) is 3.39. The molecule has 20 heavy (non-hydrogen) atoms. The number of aliphatic hydroxyl groups excluding tert-OH is 1. The van der Waals surface area contributed by atoms with Gasteiger partial charge in [-0.25, -0.2) is 0 Å². The zero-order valence-electron chi connectivity index (χ0n) is 12.1. The first-order valence-corrected chi connectivity index (χ1v) is 6.99. The summed E-state index contributed by atoms with van der Waals surface area (Å²) in [6.07, 6.45) is 3.59. The lowest BCUT2D eigenvalue weighted by molar-refractivity contribution is 0.0950. The largest absolute Gasteiger partial charge is 0.396 e. The van der Waals surface area contributed by atoms with Crippen LogP contribution in [0.5, 0.6) is 0 Å². The molecule has 0 saturated heterocycles. The molecule has 3 N–H and O–H groups in total. The van der Waals surface area contributed by atoms with Crippen molar-refractivity contribution in [3.05, 3.63) is 36.0 Å². The number of carbonyl (C=O) groups excluding carboxylic acids is 1. The van der Waals surface area contributed by atoms with Crippen molar-refractivity contribution in [2.75, 3.05) is 13.2 Å². The van der Waals surface area contributed by atoms with E-state index in [-0.39, 0.29) is 17.9 Å². The number of nitrogens with one attached hydrogen (secondary N) is 2. The zero-order valence-corrected chi connectivity index (χ0v) is 12.1. The molecule has 0 spiro atoms. The number of amides is 1. The predicted octanol–water partition coefficient (Wildman–Crippen LogP) is 2.70. The smallest absolute Gasteiger partial charge is 0.251 e. The molecule has 1 heterocycles. The Labute approximate surface area is 119 Å². The lowest BCUT2D eigenvalue weighted by Gasteiger charge is -2.21. The quantitative estimate of drug-likeness (QED) is 0.709. The van der Waals surface area contributed by atoms with Crippen LogP contribution in [0.15, 0.2) is 30.5 Å². The highest BCUT2D eigenvalue weighted by Crippen LogP contribution is 2.21. The summed E-state index contributed by atoms with van der Waals surface area (Å²) in [6.45, 7) is 4.84. The van der Waals surface area contributed by atoms with Gasteiger partial charge in [0, 0.05) is 35.8 Å². The molecule has 2 aromatic rings. The molecule has 0 radical (unpaired) electrons. The molecule has 1 amide bonds. The van der Waals surface area contributed by atoms with E-state index in [2.05, 4.69) is 10.3 Å². The van der Waals surface area contributed by atoms with Crippen molar-refractivity contribution >= 4 is 16.8 Å². The highest BCUT2D eigenvalue weighted by molar-refractivity contribution is 6.06. The second kappa shape index (κ2) is 6.09. The zero-order chi connectivity index (χ0) is 14.6. The number of aromatic amines is 1. The normalized spacial score (nSPS) is 11.8. The molecule has 108 valence electrons. The van der Waals surface area contributed by atoms with Gasteiger partial charge in [0.05, 0.1) is 0 Å². The second-order valence-electron chi connectivity index (χ2n) is 5.93. The van der Waals surface area contributed by atoms with Crippen molar-refractivity contribution in [2.45, 2.75) is 26.7 Å². The molecule has 0 aliphatic heterocycles. The number of aromatic nitrogens is 1. The first-order chi connectivity index (χ1) is 9.53. The van der Waals surface area contributed by atoms with Crippen molar-refractivity contribution < 1.29 is 9.90 Å². The number of H-pyrrole nitrogens is 1. The van der Waals surface area contributed by atoms with E-state index < -0.39 is 0 Å². The fourth-order valence-corrected chi connectivity index (χ4v) is 2.23. The molecule has 0 atom stereocenters. The summed E-state index contributed by atoms with van der Waals surface area (Å²) in [5.41, 5.74) is 1.59. The molecule has 0 aliphatic carbocycles. The fourth-order valence-electron chi connectivity index (χ4n) is 2.23. The Kier molecular flexibility index (Phi) is 4.45. The van der Waals surface area contributed by atoms with Gasteiger partial charge in [0.1, 0.15) is 0 Å². The molecule has 0 bridgehead atoms. The number of rotatable bonds is 6. The Balaban J connectivity index is 1.91. The summed E-state index contributed by atoms with van der Waals surface area (Å²) in [7, 11) is 0. The number of aliphatic hydroxyl groups is 1. The van der Waals surface area contributed by atoms with Crippen LogP contribution in [0, 0.1) is 5.41 Å². The van der Waals surface area contributed by atoms with Crippen molar-refractivity contribution in [2.24, 2.45) is 5.41 Å². The first kappa shape index (κ1) is 14.6. The van der Waals surface area contributed by atoms with Crippen molar-refractivity contribution in [3.8, 4) is 0 Å². The summed E-state index contributed by atoms with van der Waals surface area (Å²) in [5.74, 6) is -0.0444. The van der Waals surface area contributed by atoms with Gasteiger partial charge in [-0.15, -0.1) is 0 Å². The van der Waals surface area contributed by atoms with Gasteiger partial charge in [-0.2, -0.15) is 0 Å². The molecule has 1 aromatic heterocycles. The maximum atomic E-state index is 12.2. The highest BCUT2D eigenvalue weighted by Gasteiger charge is 2.16. The Bertz CT molecular complexity index is 587. The van der Waals surface area contributed by atoms with E-state index in [1.54, 1.807) is 0 Å². The second-order valence-corrected chi connectivity index (χ2v) is 5.93. The summed E-state index contributed by atoms with van der Waals surface area (Å²) in [6, 6.07) is 7.58. The van der Waals surface area contributed by atoms with E-state index in [9.17, 15) is 9.90 Å². The maximum absolute atomic E-state index is 12.2. The van der Waals surface area contributed by atoms with E-state index in [0.717, 1.165) is 23.7 Å². The minimum Gasteiger partial charge on any atom is -0.396 e. The van der Waals surface area contributed by atoms with Crippen LogP contribution in [0.3, 0.4) is 0 Å². The van der Waals surface area contributed by atoms with Gasteiger partial charge in [-0.05, 0) is 36.5 Å². The Morgan fingerprint density at radius 2 is 2.15 bits per heavy atom. The first-order valence-electron chi connectivity index (χ1n) is 6.99.